The number of hydrogen-bond acceptors (Lipinski definition) is 2. The second-order valence-corrected chi connectivity index (χ2v) is 5.63. The van der Waals surface area contributed by atoms with Crippen molar-refractivity contribution in [3.63, 3.8) is 0 Å². The van der Waals surface area contributed by atoms with Crippen LogP contribution in [0.3, 0.4) is 0 Å². The highest BCUT2D eigenvalue weighted by molar-refractivity contribution is 9.11. The number of para-hydroxylation sites is 1. The van der Waals surface area contributed by atoms with Crippen molar-refractivity contribution in [2.75, 3.05) is 11.1 Å². The first kappa shape index (κ1) is 12.7. The normalized spacial score (nSPS) is 10.3. The number of halogens is 3. The van der Waals surface area contributed by atoms with Gasteiger partial charge in [0.1, 0.15) is 0 Å². The third-order valence-corrected chi connectivity index (χ3v) is 3.70. The van der Waals surface area contributed by atoms with Gasteiger partial charge in [-0.25, -0.2) is 0 Å². The molecule has 0 bridgehead atoms. The van der Waals surface area contributed by atoms with E-state index < -0.39 is 0 Å². The minimum Gasteiger partial charge on any atom is -0.397 e. The van der Waals surface area contributed by atoms with Crippen molar-refractivity contribution in [3.05, 3.63) is 50.4 Å². The second-order valence-electron chi connectivity index (χ2n) is 3.45. The first-order valence-corrected chi connectivity index (χ1v) is 6.80. The fourth-order valence-electron chi connectivity index (χ4n) is 1.40. The summed E-state index contributed by atoms with van der Waals surface area (Å²) in [5.74, 6) is 0. The quantitative estimate of drug-likeness (QED) is 0.708. The van der Waals surface area contributed by atoms with E-state index in [1.165, 1.54) is 0 Å². The molecule has 2 rings (SSSR count). The Morgan fingerprint density at radius 3 is 2.53 bits per heavy atom. The molecule has 3 N–H and O–H groups in total. The molecule has 88 valence electrons. The van der Waals surface area contributed by atoms with Gasteiger partial charge in [-0.05, 0) is 46.3 Å². The Morgan fingerprint density at radius 2 is 1.88 bits per heavy atom. The van der Waals surface area contributed by atoms with Crippen LogP contribution in [0.5, 0.6) is 0 Å². The molecule has 0 saturated carbocycles. The van der Waals surface area contributed by atoms with Crippen LogP contribution in [0.1, 0.15) is 0 Å². The summed E-state index contributed by atoms with van der Waals surface area (Å²) in [5, 5.41) is 3.81. The first-order chi connectivity index (χ1) is 8.08. The van der Waals surface area contributed by atoms with E-state index in [0.29, 0.717) is 10.7 Å². The molecule has 0 radical (unpaired) electrons. The van der Waals surface area contributed by atoms with Gasteiger partial charge in [-0.1, -0.05) is 33.6 Å². The molecule has 0 unspecified atom stereocenters. The van der Waals surface area contributed by atoms with Gasteiger partial charge in [0.05, 0.1) is 22.1 Å². The Kier molecular flexibility index (Phi) is 3.97. The van der Waals surface area contributed by atoms with Crippen molar-refractivity contribution < 1.29 is 0 Å². The van der Waals surface area contributed by atoms with E-state index in [2.05, 4.69) is 37.2 Å². The van der Waals surface area contributed by atoms with Gasteiger partial charge >= 0.3 is 0 Å². The van der Waals surface area contributed by atoms with Crippen molar-refractivity contribution in [2.24, 2.45) is 0 Å². The van der Waals surface area contributed by atoms with E-state index in [4.69, 9.17) is 17.3 Å². The highest BCUT2D eigenvalue weighted by Gasteiger charge is 2.07. The maximum atomic E-state index is 6.10. The maximum absolute atomic E-state index is 6.10. The molecular formula is C12H9Br2ClN2. The third-order valence-electron chi connectivity index (χ3n) is 2.24. The van der Waals surface area contributed by atoms with Gasteiger partial charge in [0.15, 0.2) is 0 Å². The van der Waals surface area contributed by atoms with Crippen LogP contribution in [0.15, 0.2) is 45.3 Å². The monoisotopic (exact) mass is 374 g/mol. The van der Waals surface area contributed by atoms with Gasteiger partial charge in [-0.2, -0.15) is 0 Å². The predicted molar refractivity (Wildman–Crippen MR) is 81.0 cm³/mol. The van der Waals surface area contributed by atoms with E-state index in [1.807, 2.05) is 24.3 Å². The highest BCUT2D eigenvalue weighted by atomic mass is 79.9. The largest absolute Gasteiger partial charge is 0.397 e. The lowest BCUT2D eigenvalue weighted by Crippen LogP contribution is -1.97. The highest BCUT2D eigenvalue weighted by Crippen LogP contribution is 2.34. The molecule has 17 heavy (non-hydrogen) atoms. The Bertz CT molecular complexity index is 538. The number of nitrogens with two attached hydrogens (primary N) is 1. The van der Waals surface area contributed by atoms with Crippen LogP contribution >= 0.6 is 43.5 Å². The molecule has 0 atom stereocenters. The number of nitrogen functional groups attached to an aromatic ring is 1. The fraction of sp³-hybridized carbons (Fsp3) is 0. The molecular weight excluding hydrogens is 367 g/mol. The van der Waals surface area contributed by atoms with Crippen molar-refractivity contribution in [2.45, 2.75) is 0 Å². The average Bonchev–Trinajstić information content (AvgIpc) is 2.26. The molecule has 5 heteroatoms. The number of anilines is 3. The molecule has 0 aromatic heterocycles. The van der Waals surface area contributed by atoms with Gasteiger partial charge in [0.2, 0.25) is 0 Å². The molecule has 0 heterocycles. The van der Waals surface area contributed by atoms with E-state index >= 15 is 0 Å². The summed E-state index contributed by atoms with van der Waals surface area (Å²) in [6, 6.07) is 11.3. The van der Waals surface area contributed by atoms with Crippen molar-refractivity contribution >= 4 is 60.5 Å². The van der Waals surface area contributed by atoms with E-state index in [0.717, 1.165) is 20.3 Å². The van der Waals surface area contributed by atoms with Gasteiger partial charge < -0.3 is 11.1 Å². The van der Waals surface area contributed by atoms with Gasteiger partial charge in [0.25, 0.3) is 0 Å². The molecule has 0 saturated heterocycles. The lowest BCUT2D eigenvalue weighted by atomic mass is 10.2. The van der Waals surface area contributed by atoms with Crippen LogP contribution in [0.2, 0.25) is 5.02 Å². The summed E-state index contributed by atoms with van der Waals surface area (Å²) in [5.41, 5.74) is 8.13. The SMILES string of the molecule is Nc1cccc(Cl)c1Nc1ccc(Br)cc1Br. The Hall–Kier alpha value is -0.710. The Labute approximate surface area is 121 Å². The molecule has 2 aromatic rings. The molecule has 2 nitrogen and oxygen atoms in total. The number of nitrogens with one attached hydrogen (secondary N) is 1. The Balaban J connectivity index is 2.38. The van der Waals surface area contributed by atoms with Gasteiger partial charge in [-0.15, -0.1) is 0 Å². The molecule has 0 aliphatic carbocycles. The average molecular weight is 376 g/mol. The van der Waals surface area contributed by atoms with Crippen LogP contribution in [-0.4, -0.2) is 0 Å². The zero-order valence-corrected chi connectivity index (χ0v) is 12.6. The van der Waals surface area contributed by atoms with E-state index in [9.17, 15) is 0 Å². The van der Waals surface area contributed by atoms with Crippen molar-refractivity contribution in [3.8, 4) is 0 Å². The van der Waals surface area contributed by atoms with Crippen LogP contribution < -0.4 is 11.1 Å². The standard InChI is InChI=1S/C12H9Br2ClN2/c13-7-4-5-11(8(14)6-7)17-12-9(15)2-1-3-10(12)16/h1-6,17H,16H2. The smallest absolute Gasteiger partial charge is 0.0807 e. The lowest BCUT2D eigenvalue weighted by Gasteiger charge is -2.12. The Morgan fingerprint density at radius 1 is 1.12 bits per heavy atom. The summed E-state index contributed by atoms with van der Waals surface area (Å²) < 4.78 is 1.94. The lowest BCUT2D eigenvalue weighted by molar-refractivity contribution is 1.51. The van der Waals surface area contributed by atoms with E-state index in [-0.39, 0.29) is 0 Å². The molecule has 0 spiro atoms. The summed E-state index contributed by atoms with van der Waals surface area (Å²) in [6.45, 7) is 0. The first-order valence-electron chi connectivity index (χ1n) is 4.84. The van der Waals surface area contributed by atoms with Gasteiger partial charge in [0, 0.05) is 8.95 Å². The van der Waals surface area contributed by atoms with Crippen LogP contribution in [0, 0.1) is 0 Å². The second kappa shape index (κ2) is 5.29. The van der Waals surface area contributed by atoms with Gasteiger partial charge in [-0.3, -0.25) is 0 Å². The number of hydrogen-bond donors (Lipinski definition) is 2. The number of benzene rings is 2. The van der Waals surface area contributed by atoms with Crippen LogP contribution in [-0.2, 0) is 0 Å². The van der Waals surface area contributed by atoms with Crippen LogP contribution in [0.4, 0.5) is 17.1 Å². The third kappa shape index (κ3) is 2.94. The van der Waals surface area contributed by atoms with Crippen LogP contribution in [0.25, 0.3) is 0 Å². The fourth-order valence-corrected chi connectivity index (χ4v) is 2.77. The topological polar surface area (TPSA) is 38.0 Å². The zero-order valence-electron chi connectivity index (χ0n) is 8.68. The summed E-state index contributed by atoms with van der Waals surface area (Å²) in [4.78, 5) is 0. The minimum atomic E-state index is 0.597. The van der Waals surface area contributed by atoms with Crippen molar-refractivity contribution in [1.82, 2.24) is 0 Å². The zero-order chi connectivity index (χ0) is 12.4. The minimum absolute atomic E-state index is 0.597. The number of rotatable bonds is 2. The molecule has 2 aromatic carbocycles. The summed E-state index contributed by atoms with van der Waals surface area (Å²) >= 11 is 13.0. The maximum Gasteiger partial charge on any atom is 0.0807 e. The van der Waals surface area contributed by atoms with Crippen molar-refractivity contribution in [1.29, 1.82) is 0 Å². The predicted octanol–water partition coefficient (Wildman–Crippen LogP) is 5.19. The molecule has 0 amide bonds. The summed E-state index contributed by atoms with van der Waals surface area (Å²) in [6.07, 6.45) is 0. The molecule has 0 aliphatic heterocycles. The molecule has 0 fully saturated rings. The molecule has 0 aliphatic rings. The van der Waals surface area contributed by atoms with E-state index in [1.54, 1.807) is 12.1 Å². The summed E-state index contributed by atoms with van der Waals surface area (Å²) in [7, 11) is 0.